The number of fused-ring (bicyclic) bond motifs is 1. The summed E-state index contributed by atoms with van der Waals surface area (Å²) in [7, 11) is 0. The van der Waals surface area contributed by atoms with E-state index < -0.39 is 0 Å². The summed E-state index contributed by atoms with van der Waals surface area (Å²) in [4.78, 5) is 16.5. The van der Waals surface area contributed by atoms with Gasteiger partial charge in [-0.3, -0.25) is 9.78 Å². The second-order valence-corrected chi connectivity index (χ2v) is 9.24. The second kappa shape index (κ2) is 16.0. The summed E-state index contributed by atoms with van der Waals surface area (Å²) in [5, 5.41) is 10.9. The Bertz CT molecular complexity index is 1310. The van der Waals surface area contributed by atoms with Crippen molar-refractivity contribution in [2.75, 3.05) is 0 Å². The third-order valence-electron chi connectivity index (χ3n) is 6.87. The molecule has 0 spiro atoms. The Morgan fingerprint density at radius 1 is 0.816 bits per heavy atom. The molecule has 201 valence electrons. The number of pyridine rings is 1. The van der Waals surface area contributed by atoms with E-state index in [0.717, 1.165) is 47.8 Å². The topological polar surface area (TPSA) is 50.2 Å². The molecule has 4 heteroatoms. The molecule has 0 aliphatic carbocycles. The first kappa shape index (κ1) is 31.1. The van der Waals surface area contributed by atoms with Crippen molar-refractivity contribution in [2.45, 2.75) is 53.4 Å². The normalized spacial score (nSPS) is 11.2. The number of aliphatic hydroxyl groups is 1. The number of benzene rings is 3. The van der Waals surface area contributed by atoms with Crippen LogP contribution in [0.1, 0.15) is 53.4 Å². The number of aliphatic hydroxyl groups excluding tert-OH is 1. The molecule has 0 saturated heterocycles. The van der Waals surface area contributed by atoms with Gasteiger partial charge in [0, 0.05) is 38.0 Å². The number of nitrogens with zero attached hydrogens (tertiary/aromatic N) is 1. The molecule has 0 amide bonds. The summed E-state index contributed by atoms with van der Waals surface area (Å²) in [6.07, 6.45) is 4.91. The Hall–Kier alpha value is -3.07. The van der Waals surface area contributed by atoms with Gasteiger partial charge in [0.05, 0.1) is 11.3 Å². The minimum Gasteiger partial charge on any atom is -0.512 e. The van der Waals surface area contributed by atoms with Crippen LogP contribution in [0.4, 0.5) is 0 Å². The molecule has 1 radical (unpaired) electrons. The molecule has 0 saturated carbocycles. The number of carbonyl (C=O) groups excluding carboxylic acids is 1. The largest absolute Gasteiger partial charge is 0.512 e. The standard InChI is InChI=1S/C21H14N.C13H24O2.Ir/c1-2-7-16(8-3-1)18-10-6-11-19(15-18)21-14-13-17-9-4-5-12-20(17)22-21;1-5-10(6-2)12(14)9-13(15)11(7-3)8-4;/h1-10,12-15H;9-11,14H,5-8H2,1-4H3;/q-1;;/b;12-9-;. The number of rotatable bonds is 9. The smallest absolute Gasteiger partial charge is 0.162 e. The molecule has 0 fully saturated rings. The molecule has 4 rings (SSSR count). The van der Waals surface area contributed by atoms with Gasteiger partial charge < -0.3 is 5.11 Å². The summed E-state index contributed by atoms with van der Waals surface area (Å²) in [5.41, 5.74) is 5.38. The molecule has 0 aliphatic heterocycles. The number of ketones is 1. The first-order valence-corrected chi connectivity index (χ1v) is 13.4. The van der Waals surface area contributed by atoms with E-state index in [2.05, 4.69) is 60.7 Å². The zero-order valence-corrected chi connectivity index (χ0v) is 25.2. The summed E-state index contributed by atoms with van der Waals surface area (Å²) in [5.74, 6) is 0.547. The fourth-order valence-corrected chi connectivity index (χ4v) is 4.42. The number of hydrogen-bond donors (Lipinski definition) is 1. The van der Waals surface area contributed by atoms with Crippen molar-refractivity contribution < 1.29 is 30.0 Å². The van der Waals surface area contributed by atoms with E-state index in [-0.39, 0.29) is 43.5 Å². The van der Waals surface area contributed by atoms with Gasteiger partial charge in [-0.05, 0) is 48.4 Å². The van der Waals surface area contributed by atoms with Crippen LogP contribution in [0.25, 0.3) is 33.3 Å². The molecular weight excluding hydrogens is 647 g/mol. The fraction of sp³-hybridized carbons (Fsp3) is 0.294. The summed E-state index contributed by atoms with van der Waals surface area (Å²) in [6.45, 7) is 8.07. The number of para-hydroxylation sites is 1. The number of aromatic nitrogens is 1. The first-order chi connectivity index (χ1) is 18.0. The van der Waals surface area contributed by atoms with Crippen molar-refractivity contribution >= 4 is 16.7 Å². The maximum atomic E-state index is 11.7. The van der Waals surface area contributed by atoms with E-state index in [0.29, 0.717) is 0 Å². The molecule has 1 heterocycles. The van der Waals surface area contributed by atoms with Crippen LogP contribution in [0, 0.1) is 17.9 Å². The van der Waals surface area contributed by atoms with E-state index in [9.17, 15) is 9.90 Å². The van der Waals surface area contributed by atoms with E-state index in [1.165, 1.54) is 17.2 Å². The van der Waals surface area contributed by atoms with Crippen molar-refractivity contribution in [3.05, 3.63) is 103 Å². The molecule has 38 heavy (non-hydrogen) atoms. The third-order valence-corrected chi connectivity index (χ3v) is 6.87. The van der Waals surface area contributed by atoms with E-state index in [4.69, 9.17) is 4.98 Å². The molecule has 0 bridgehead atoms. The molecule has 1 N–H and O–H groups in total. The Labute approximate surface area is 241 Å². The second-order valence-electron chi connectivity index (χ2n) is 9.24. The average molecular weight is 685 g/mol. The van der Waals surface area contributed by atoms with Gasteiger partial charge in [-0.1, -0.05) is 88.4 Å². The van der Waals surface area contributed by atoms with E-state index in [1.807, 2.05) is 58.0 Å². The Kier molecular flexibility index (Phi) is 13.1. The maximum absolute atomic E-state index is 11.7. The van der Waals surface area contributed by atoms with Gasteiger partial charge in [-0.25, -0.2) is 0 Å². The zero-order valence-electron chi connectivity index (χ0n) is 22.8. The van der Waals surface area contributed by atoms with Crippen molar-refractivity contribution in [2.24, 2.45) is 11.8 Å². The predicted molar refractivity (Wildman–Crippen MR) is 155 cm³/mol. The van der Waals surface area contributed by atoms with Crippen LogP contribution in [0.2, 0.25) is 0 Å². The number of allylic oxidation sites excluding steroid dienone is 2. The Morgan fingerprint density at radius 3 is 2.11 bits per heavy atom. The van der Waals surface area contributed by atoms with E-state index >= 15 is 0 Å². The fourth-order valence-electron chi connectivity index (χ4n) is 4.42. The molecule has 4 aromatic rings. The summed E-state index contributed by atoms with van der Waals surface area (Å²) < 4.78 is 0. The number of hydrogen-bond acceptors (Lipinski definition) is 3. The van der Waals surface area contributed by atoms with E-state index in [1.54, 1.807) is 0 Å². The minimum absolute atomic E-state index is 0. The molecule has 0 unspecified atom stereocenters. The Morgan fingerprint density at radius 2 is 1.45 bits per heavy atom. The van der Waals surface area contributed by atoms with Gasteiger partial charge in [0.2, 0.25) is 0 Å². The van der Waals surface area contributed by atoms with Crippen LogP contribution >= 0.6 is 0 Å². The van der Waals surface area contributed by atoms with Crippen molar-refractivity contribution in [1.29, 1.82) is 0 Å². The molecule has 0 atom stereocenters. The quantitative estimate of drug-likeness (QED) is 0.109. The van der Waals surface area contributed by atoms with Gasteiger partial charge >= 0.3 is 0 Å². The summed E-state index contributed by atoms with van der Waals surface area (Å²) in [6, 6.07) is 32.2. The first-order valence-electron chi connectivity index (χ1n) is 13.4. The molecule has 0 aliphatic rings. The zero-order chi connectivity index (χ0) is 26.6. The molecule has 1 aromatic heterocycles. The van der Waals surface area contributed by atoms with Crippen LogP contribution < -0.4 is 0 Å². The maximum Gasteiger partial charge on any atom is 0.162 e. The average Bonchev–Trinajstić information content (AvgIpc) is 2.95. The van der Waals surface area contributed by atoms with Crippen LogP contribution in [0.15, 0.2) is 96.8 Å². The minimum atomic E-state index is 0. The van der Waals surface area contributed by atoms with Gasteiger partial charge in [0.1, 0.15) is 0 Å². The summed E-state index contributed by atoms with van der Waals surface area (Å²) >= 11 is 0. The van der Waals surface area contributed by atoms with Crippen molar-refractivity contribution in [3.63, 3.8) is 0 Å². The van der Waals surface area contributed by atoms with Gasteiger partial charge in [0.15, 0.2) is 5.78 Å². The Balaban J connectivity index is 0.000000282. The van der Waals surface area contributed by atoms with Crippen LogP contribution in [-0.4, -0.2) is 15.9 Å². The molecular formula is C34H38IrNO2-. The molecule has 3 nitrogen and oxygen atoms in total. The number of carbonyl (C=O) groups is 1. The van der Waals surface area contributed by atoms with Gasteiger partial charge in [-0.2, -0.15) is 0 Å². The van der Waals surface area contributed by atoms with Crippen LogP contribution in [0.3, 0.4) is 0 Å². The van der Waals surface area contributed by atoms with Crippen LogP contribution in [0.5, 0.6) is 0 Å². The monoisotopic (exact) mass is 685 g/mol. The van der Waals surface area contributed by atoms with Gasteiger partial charge in [0.25, 0.3) is 0 Å². The van der Waals surface area contributed by atoms with Crippen LogP contribution in [-0.2, 0) is 24.9 Å². The molecule has 3 aromatic carbocycles. The third kappa shape index (κ3) is 8.48. The van der Waals surface area contributed by atoms with Gasteiger partial charge in [-0.15, -0.1) is 35.4 Å². The van der Waals surface area contributed by atoms with Crippen molar-refractivity contribution in [1.82, 2.24) is 4.98 Å². The SMILES string of the molecule is CCC(CC)C(=O)/C=C(\O)C(CC)CC.[Ir].[c-]1ccc(-c2ccccc2)cc1-c1ccc2ccccc2n1. The predicted octanol–water partition coefficient (Wildman–Crippen LogP) is 9.24. The van der Waals surface area contributed by atoms with Crippen molar-refractivity contribution in [3.8, 4) is 22.4 Å².